The molecule has 2 rings (SSSR count). The highest BCUT2D eigenvalue weighted by Gasteiger charge is 2.11. The molecule has 1 saturated heterocycles. The van der Waals surface area contributed by atoms with Gasteiger partial charge in [0.25, 0.3) is 0 Å². The number of guanidine groups is 1. The maximum Gasteiger partial charge on any atom is 0.188 e. The van der Waals surface area contributed by atoms with Crippen LogP contribution in [0.25, 0.3) is 0 Å². The van der Waals surface area contributed by atoms with E-state index in [0.29, 0.717) is 12.5 Å². The van der Waals surface area contributed by atoms with Crippen LogP contribution in [0, 0.1) is 0 Å². The molecular weight excluding hydrogens is 439 g/mol. The number of likely N-dealkylation sites (tertiary alicyclic amines) is 1. The Kier molecular flexibility index (Phi) is 12.7. The number of aliphatic imine (C=N–C) groups is 1. The molecule has 1 heterocycles. The highest BCUT2D eigenvalue weighted by molar-refractivity contribution is 14.0. The number of rotatable bonds is 9. The van der Waals surface area contributed by atoms with Crippen LogP contribution < -0.4 is 11.1 Å². The SMILES string of the molecule is CCOCCCNC(N)=NCc1ccccc1CN1CCCCCC1.I. The molecule has 0 saturated carbocycles. The Morgan fingerprint density at radius 1 is 1.15 bits per heavy atom. The van der Waals surface area contributed by atoms with E-state index < -0.39 is 0 Å². The highest BCUT2D eigenvalue weighted by Crippen LogP contribution is 2.16. The first-order valence-corrected chi connectivity index (χ1v) is 9.70. The minimum absolute atomic E-state index is 0. The minimum Gasteiger partial charge on any atom is -0.382 e. The van der Waals surface area contributed by atoms with Crippen LogP contribution in [0.3, 0.4) is 0 Å². The van der Waals surface area contributed by atoms with Crippen molar-refractivity contribution >= 4 is 29.9 Å². The summed E-state index contributed by atoms with van der Waals surface area (Å²) in [6, 6.07) is 8.60. The molecule has 5 nitrogen and oxygen atoms in total. The van der Waals surface area contributed by atoms with Crippen LogP contribution >= 0.6 is 24.0 Å². The van der Waals surface area contributed by atoms with Crippen molar-refractivity contribution in [2.75, 3.05) is 32.8 Å². The molecule has 0 atom stereocenters. The average molecular weight is 474 g/mol. The van der Waals surface area contributed by atoms with Gasteiger partial charge in [-0.15, -0.1) is 24.0 Å². The Morgan fingerprint density at radius 2 is 1.85 bits per heavy atom. The zero-order valence-corrected chi connectivity index (χ0v) is 18.4. The number of nitrogens with one attached hydrogen (secondary N) is 1. The standard InChI is InChI=1S/C20H34N4O.HI/c1-2-25-15-9-12-22-20(21)23-16-18-10-5-6-11-19(18)17-24-13-7-3-4-8-14-24;/h5-6,10-11H,2-4,7-9,12-17H2,1H3,(H3,21,22,23);1H. The zero-order valence-electron chi connectivity index (χ0n) is 16.1. The number of halogens is 1. The zero-order chi connectivity index (χ0) is 17.7. The van der Waals surface area contributed by atoms with Crippen LogP contribution in [-0.4, -0.2) is 43.7 Å². The lowest BCUT2D eigenvalue weighted by Gasteiger charge is -2.21. The molecule has 1 aromatic carbocycles. The Morgan fingerprint density at radius 3 is 2.54 bits per heavy atom. The van der Waals surface area contributed by atoms with Gasteiger partial charge in [-0.25, -0.2) is 4.99 Å². The van der Waals surface area contributed by atoms with Gasteiger partial charge in [0.1, 0.15) is 0 Å². The van der Waals surface area contributed by atoms with Crippen molar-refractivity contribution in [1.29, 1.82) is 0 Å². The minimum atomic E-state index is 0. The fourth-order valence-corrected chi connectivity index (χ4v) is 3.16. The van der Waals surface area contributed by atoms with E-state index in [4.69, 9.17) is 10.5 Å². The van der Waals surface area contributed by atoms with Crippen LogP contribution in [0.4, 0.5) is 0 Å². The summed E-state index contributed by atoms with van der Waals surface area (Å²) in [5, 5.41) is 3.16. The Balaban J connectivity index is 0.00000338. The van der Waals surface area contributed by atoms with E-state index in [-0.39, 0.29) is 24.0 Å². The average Bonchev–Trinajstić information content (AvgIpc) is 2.89. The van der Waals surface area contributed by atoms with Gasteiger partial charge >= 0.3 is 0 Å². The topological polar surface area (TPSA) is 62.9 Å². The molecule has 0 aliphatic carbocycles. The van der Waals surface area contributed by atoms with Gasteiger partial charge in [-0.1, -0.05) is 37.1 Å². The van der Waals surface area contributed by atoms with Crippen LogP contribution in [0.1, 0.15) is 50.2 Å². The van der Waals surface area contributed by atoms with Crippen LogP contribution in [0.15, 0.2) is 29.3 Å². The molecule has 1 aliphatic rings. The summed E-state index contributed by atoms with van der Waals surface area (Å²) in [6.45, 7) is 8.40. The van der Waals surface area contributed by atoms with E-state index >= 15 is 0 Å². The van der Waals surface area contributed by atoms with Gasteiger partial charge in [0.2, 0.25) is 0 Å². The molecule has 0 aromatic heterocycles. The molecule has 0 spiro atoms. The first kappa shape index (κ1) is 23.2. The van der Waals surface area contributed by atoms with Gasteiger partial charge in [-0.3, -0.25) is 4.90 Å². The summed E-state index contributed by atoms with van der Waals surface area (Å²) in [7, 11) is 0. The molecule has 1 aliphatic heterocycles. The van der Waals surface area contributed by atoms with Gasteiger partial charge < -0.3 is 15.8 Å². The normalized spacial score (nSPS) is 16.0. The van der Waals surface area contributed by atoms with E-state index in [1.165, 1.54) is 49.9 Å². The quantitative estimate of drug-likeness (QED) is 0.249. The number of nitrogens with two attached hydrogens (primary N) is 1. The maximum absolute atomic E-state index is 5.98. The largest absolute Gasteiger partial charge is 0.382 e. The van der Waals surface area contributed by atoms with E-state index in [1.54, 1.807) is 0 Å². The predicted molar refractivity (Wildman–Crippen MR) is 120 cm³/mol. The molecule has 0 radical (unpaired) electrons. The number of nitrogens with zero attached hydrogens (tertiary/aromatic N) is 2. The van der Waals surface area contributed by atoms with Gasteiger partial charge in [0, 0.05) is 26.3 Å². The molecule has 3 N–H and O–H groups in total. The summed E-state index contributed by atoms with van der Waals surface area (Å²) in [6.07, 6.45) is 6.31. The van der Waals surface area contributed by atoms with Gasteiger partial charge in [-0.2, -0.15) is 0 Å². The lowest BCUT2D eigenvalue weighted by atomic mass is 10.1. The number of hydrogen-bond acceptors (Lipinski definition) is 3. The van der Waals surface area contributed by atoms with Crippen LogP contribution in [0.2, 0.25) is 0 Å². The molecule has 1 fully saturated rings. The third-order valence-corrected chi connectivity index (χ3v) is 4.61. The lowest BCUT2D eigenvalue weighted by Crippen LogP contribution is -2.33. The summed E-state index contributed by atoms with van der Waals surface area (Å²) in [4.78, 5) is 7.08. The highest BCUT2D eigenvalue weighted by atomic mass is 127. The predicted octanol–water partition coefficient (Wildman–Crippen LogP) is 3.51. The first-order valence-electron chi connectivity index (χ1n) is 9.70. The van der Waals surface area contributed by atoms with E-state index in [2.05, 4.69) is 39.5 Å². The first-order chi connectivity index (χ1) is 12.3. The molecule has 0 bridgehead atoms. The smallest absolute Gasteiger partial charge is 0.188 e. The van der Waals surface area contributed by atoms with Crippen molar-refractivity contribution in [3.05, 3.63) is 35.4 Å². The molecule has 1 aromatic rings. The number of ether oxygens (including phenoxy) is 1. The second-order valence-electron chi connectivity index (χ2n) is 6.64. The van der Waals surface area contributed by atoms with Crippen LogP contribution in [0.5, 0.6) is 0 Å². The van der Waals surface area contributed by atoms with Gasteiger partial charge in [0.05, 0.1) is 6.54 Å². The molecule has 148 valence electrons. The fraction of sp³-hybridized carbons (Fsp3) is 0.650. The summed E-state index contributed by atoms with van der Waals surface area (Å²) < 4.78 is 5.32. The maximum atomic E-state index is 5.98. The summed E-state index contributed by atoms with van der Waals surface area (Å²) in [5.74, 6) is 0.515. The Hall–Kier alpha value is -0.860. The second kappa shape index (κ2) is 14.2. The Labute approximate surface area is 175 Å². The van der Waals surface area contributed by atoms with Crippen molar-refractivity contribution in [2.24, 2.45) is 10.7 Å². The molecule has 0 amide bonds. The monoisotopic (exact) mass is 474 g/mol. The third-order valence-electron chi connectivity index (χ3n) is 4.61. The third kappa shape index (κ3) is 9.19. The Bertz CT molecular complexity index is 516. The van der Waals surface area contributed by atoms with E-state index in [9.17, 15) is 0 Å². The van der Waals surface area contributed by atoms with Crippen molar-refractivity contribution in [1.82, 2.24) is 10.2 Å². The molecule has 26 heavy (non-hydrogen) atoms. The fourth-order valence-electron chi connectivity index (χ4n) is 3.16. The van der Waals surface area contributed by atoms with Gasteiger partial charge in [0.15, 0.2) is 5.96 Å². The molecule has 0 unspecified atom stereocenters. The van der Waals surface area contributed by atoms with E-state index in [1.807, 2.05) is 6.92 Å². The molecular formula is C20H35IN4O. The second-order valence-corrected chi connectivity index (χ2v) is 6.64. The van der Waals surface area contributed by atoms with Crippen molar-refractivity contribution in [3.63, 3.8) is 0 Å². The van der Waals surface area contributed by atoms with Crippen molar-refractivity contribution in [2.45, 2.75) is 52.1 Å². The number of hydrogen-bond donors (Lipinski definition) is 2. The summed E-state index contributed by atoms with van der Waals surface area (Å²) in [5.41, 5.74) is 8.62. The van der Waals surface area contributed by atoms with Crippen molar-refractivity contribution in [3.8, 4) is 0 Å². The van der Waals surface area contributed by atoms with E-state index in [0.717, 1.165) is 32.7 Å². The molecule has 6 heteroatoms. The van der Waals surface area contributed by atoms with Crippen molar-refractivity contribution < 1.29 is 4.74 Å². The number of benzene rings is 1. The van der Waals surface area contributed by atoms with Gasteiger partial charge in [-0.05, 0) is 50.4 Å². The lowest BCUT2D eigenvalue weighted by molar-refractivity contribution is 0.145. The van der Waals surface area contributed by atoms with Crippen LogP contribution in [-0.2, 0) is 17.8 Å². The summed E-state index contributed by atoms with van der Waals surface area (Å²) >= 11 is 0.